The minimum absolute atomic E-state index is 0.00478. The number of hydrogen-bond acceptors (Lipinski definition) is 5. The molecule has 0 unspecified atom stereocenters. The topological polar surface area (TPSA) is 87.2 Å². The van der Waals surface area contributed by atoms with Crippen molar-refractivity contribution in [2.45, 2.75) is 64.4 Å². The number of unbranched alkanes of at least 4 members (excludes halogenated alkanes) is 1. The first-order valence-electron chi connectivity index (χ1n) is 11.6. The van der Waals surface area contributed by atoms with Crippen LogP contribution in [0.3, 0.4) is 0 Å². The third kappa shape index (κ3) is 6.17. The van der Waals surface area contributed by atoms with Gasteiger partial charge in [-0.15, -0.1) is 0 Å². The normalized spacial score (nSPS) is 23.8. The van der Waals surface area contributed by atoms with Gasteiger partial charge in [0.25, 0.3) is 0 Å². The monoisotopic (exact) mass is 443 g/mol. The minimum Gasteiger partial charge on any atom is -0.376 e. The molecule has 0 bridgehead atoms. The van der Waals surface area contributed by atoms with Crippen LogP contribution in [0.2, 0.25) is 0 Å². The number of amides is 2. The first kappa shape index (κ1) is 23.5. The summed E-state index contributed by atoms with van der Waals surface area (Å²) in [6, 6.07) is 0. The second kappa shape index (κ2) is 10.9. The molecule has 3 saturated heterocycles. The predicted molar refractivity (Wildman–Crippen MR) is 114 cm³/mol. The molecule has 3 fully saturated rings. The molecule has 0 aromatic carbocycles. The van der Waals surface area contributed by atoms with E-state index in [9.17, 15) is 18.0 Å². The Hall–Kier alpha value is -1.19. The second-order valence-corrected chi connectivity index (χ2v) is 10.9. The van der Waals surface area contributed by atoms with Crippen molar-refractivity contribution in [1.82, 2.24) is 14.1 Å². The first-order chi connectivity index (χ1) is 14.4. The summed E-state index contributed by atoms with van der Waals surface area (Å²) in [7, 11) is -3.24. The number of rotatable bonds is 9. The number of sulfonamides is 1. The van der Waals surface area contributed by atoms with Crippen molar-refractivity contribution >= 4 is 21.8 Å². The van der Waals surface area contributed by atoms with Crippen LogP contribution in [0.15, 0.2) is 0 Å². The summed E-state index contributed by atoms with van der Waals surface area (Å²) in [5.74, 6) is -0.0603. The van der Waals surface area contributed by atoms with Gasteiger partial charge in [-0.2, -0.15) is 0 Å². The van der Waals surface area contributed by atoms with Crippen LogP contribution in [-0.2, 0) is 24.3 Å². The summed E-state index contributed by atoms with van der Waals surface area (Å²) < 4.78 is 32.1. The zero-order valence-electron chi connectivity index (χ0n) is 18.3. The van der Waals surface area contributed by atoms with E-state index in [0.29, 0.717) is 45.5 Å². The van der Waals surface area contributed by atoms with Gasteiger partial charge >= 0.3 is 0 Å². The van der Waals surface area contributed by atoms with Gasteiger partial charge in [0.2, 0.25) is 21.8 Å². The van der Waals surface area contributed by atoms with Crippen molar-refractivity contribution in [3.05, 3.63) is 0 Å². The molecule has 3 heterocycles. The van der Waals surface area contributed by atoms with Crippen LogP contribution in [0.1, 0.15) is 58.3 Å². The maximum Gasteiger partial charge on any atom is 0.242 e. The Kier molecular flexibility index (Phi) is 8.53. The van der Waals surface area contributed by atoms with E-state index in [-0.39, 0.29) is 36.1 Å². The lowest BCUT2D eigenvalue weighted by Crippen LogP contribution is -2.49. The number of ether oxygens (including phenoxy) is 1. The smallest absolute Gasteiger partial charge is 0.242 e. The van der Waals surface area contributed by atoms with Crippen molar-refractivity contribution in [2.75, 3.05) is 51.6 Å². The number of hydrogen-bond donors (Lipinski definition) is 0. The van der Waals surface area contributed by atoms with Crippen LogP contribution in [0.25, 0.3) is 0 Å². The standard InChI is InChI=1S/C21H37N3O5S/c1-2-3-15-30(27,28)24-12-8-18(9-13-24)21(26)23(16-19-7-6-14-29-19)17-20(25)22-10-4-5-11-22/h18-19H,2-17H2,1H3/t19-/m1/s1. The van der Waals surface area contributed by atoms with Crippen molar-refractivity contribution in [2.24, 2.45) is 5.92 Å². The Labute approximate surface area is 180 Å². The number of carbonyl (C=O) groups excluding carboxylic acids is 2. The molecule has 3 rings (SSSR count). The van der Waals surface area contributed by atoms with E-state index in [1.165, 1.54) is 4.31 Å². The summed E-state index contributed by atoms with van der Waals surface area (Å²) in [6.45, 7) is 5.56. The lowest BCUT2D eigenvalue weighted by molar-refractivity contribution is -0.144. The molecule has 0 aromatic heterocycles. The quantitative estimate of drug-likeness (QED) is 0.538. The van der Waals surface area contributed by atoms with Gasteiger partial charge in [-0.3, -0.25) is 9.59 Å². The van der Waals surface area contributed by atoms with Crippen LogP contribution in [-0.4, -0.2) is 92.1 Å². The van der Waals surface area contributed by atoms with E-state index in [1.54, 1.807) is 4.90 Å². The molecule has 0 N–H and O–H groups in total. The molecule has 8 nitrogen and oxygen atoms in total. The molecular weight excluding hydrogens is 406 g/mol. The summed E-state index contributed by atoms with van der Waals surface area (Å²) in [5, 5.41) is 0. The van der Waals surface area contributed by atoms with Gasteiger partial charge < -0.3 is 14.5 Å². The first-order valence-corrected chi connectivity index (χ1v) is 13.2. The van der Waals surface area contributed by atoms with Gasteiger partial charge in [0.15, 0.2) is 0 Å². The molecule has 172 valence electrons. The average Bonchev–Trinajstić information content (AvgIpc) is 3.45. The van der Waals surface area contributed by atoms with E-state index in [1.807, 2.05) is 11.8 Å². The Morgan fingerprint density at radius 1 is 1.03 bits per heavy atom. The van der Waals surface area contributed by atoms with Crippen molar-refractivity contribution in [3.63, 3.8) is 0 Å². The predicted octanol–water partition coefficient (Wildman–Crippen LogP) is 1.46. The molecule has 0 aromatic rings. The largest absolute Gasteiger partial charge is 0.376 e. The third-order valence-electron chi connectivity index (χ3n) is 6.50. The van der Waals surface area contributed by atoms with Crippen molar-refractivity contribution < 1.29 is 22.7 Å². The highest BCUT2D eigenvalue weighted by Gasteiger charge is 2.35. The molecule has 3 aliphatic rings. The molecule has 3 aliphatic heterocycles. The van der Waals surface area contributed by atoms with E-state index >= 15 is 0 Å². The molecule has 0 saturated carbocycles. The van der Waals surface area contributed by atoms with Gasteiger partial charge in [0.1, 0.15) is 0 Å². The Morgan fingerprint density at radius 2 is 1.73 bits per heavy atom. The third-order valence-corrected chi connectivity index (χ3v) is 8.45. The van der Waals surface area contributed by atoms with Gasteiger partial charge in [-0.25, -0.2) is 12.7 Å². The molecule has 9 heteroatoms. The fourth-order valence-corrected chi connectivity index (χ4v) is 6.27. The minimum atomic E-state index is -3.24. The zero-order chi connectivity index (χ0) is 21.6. The van der Waals surface area contributed by atoms with Crippen molar-refractivity contribution in [3.8, 4) is 0 Å². The zero-order valence-corrected chi connectivity index (χ0v) is 19.1. The lowest BCUT2D eigenvalue weighted by Gasteiger charge is -2.34. The van der Waals surface area contributed by atoms with Crippen LogP contribution >= 0.6 is 0 Å². The van der Waals surface area contributed by atoms with Gasteiger partial charge in [0, 0.05) is 45.2 Å². The molecule has 0 spiro atoms. The Bertz CT molecular complexity index is 679. The maximum atomic E-state index is 13.3. The molecule has 30 heavy (non-hydrogen) atoms. The van der Waals surface area contributed by atoms with E-state index < -0.39 is 10.0 Å². The Balaban J connectivity index is 1.58. The number of carbonyl (C=O) groups is 2. The summed E-state index contributed by atoms with van der Waals surface area (Å²) >= 11 is 0. The molecular formula is C21H37N3O5S. The molecule has 0 aliphatic carbocycles. The van der Waals surface area contributed by atoms with E-state index in [2.05, 4.69) is 0 Å². The van der Waals surface area contributed by atoms with Crippen LogP contribution < -0.4 is 0 Å². The van der Waals surface area contributed by atoms with Gasteiger partial charge in [0.05, 0.1) is 18.4 Å². The van der Waals surface area contributed by atoms with Crippen LogP contribution in [0.5, 0.6) is 0 Å². The average molecular weight is 444 g/mol. The van der Waals surface area contributed by atoms with Crippen molar-refractivity contribution in [1.29, 1.82) is 0 Å². The number of nitrogens with zero attached hydrogens (tertiary/aromatic N) is 3. The summed E-state index contributed by atoms with van der Waals surface area (Å²) in [4.78, 5) is 29.5. The molecule has 1 atom stereocenters. The van der Waals surface area contributed by atoms with E-state index in [0.717, 1.165) is 45.2 Å². The maximum absolute atomic E-state index is 13.3. The fraction of sp³-hybridized carbons (Fsp3) is 0.905. The van der Waals surface area contributed by atoms with Crippen LogP contribution in [0, 0.1) is 5.92 Å². The van der Waals surface area contributed by atoms with Crippen LogP contribution in [0.4, 0.5) is 0 Å². The number of piperidine rings is 1. The second-order valence-electron chi connectivity index (χ2n) is 8.78. The SMILES string of the molecule is CCCCS(=O)(=O)N1CCC(C(=O)N(CC(=O)N2CCCC2)C[C@H]2CCCO2)CC1. The summed E-state index contributed by atoms with van der Waals surface area (Å²) in [5.41, 5.74) is 0. The molecule has 0 radical (unpaired) electrons. The van der Waals surface area contributed by atoms with Gasteiger partial charge in [-0.05, 0) is 44.9 Å². The Morgan fingerprint density at radius 3 is 2.33 bits per heavy atom. The lowest BCUT2D eigenvalue weighted by atomic mass is 9.96. The highest BCUT2D eigenvalue weighted by Crippen LogP contribution is 2.24. The van der Waals surface area contributed by atoms with Gasteiger partial charge in [-0.1, -0.05) is 13.3 Å². The van der Waals surface area contributed by atoms with E-state index in [4.69, 9.17) is 4.74 Å². The fourth-order valence-electron chi connectivity index (χ4n) is 4.59. The number of likely N-dealkylation sites (tertiary alicyclic amines) is 1. The highest BCUT2D eigenvalue weighted by molar-refractivity contribution is 7.89. The summed E-state index contributed by atoms with van der Waals surface area (Å²) in [6.07, 6.45) is 6.49. The molecule has 2 amide bonds. The highest BCUT2D eigenvalue weighted by atomic mass is 32.2.